The molecule has 0 aromatic heterocycles. The summed E-state index contributed by atoms with van der Waals surface area (Å²) in [4.78, 5) is 0. The molecule has 1 saturated carbocycles. The molecule has 0 spiro atoms. The van der Waals surface area contributed by atoms with E-state index in [4.69, 9.17) is 9.47 Å². The quantitative estimate of drug-likeness (QED) is 0.824. The molecule has 1 aromatic rings. The Balaban J connectivity index is 2.05. The lowest BCUT2D eigenvalue weighted by Crippen LogP contribution is -2.07. The highest BCUT2D eigenvalue weighted by atomic mass is 16.5. The van der Waals surface area contributed by atoms with E-state index >= 15 is 0 Å². The monoisotopic (exact) mass is 278 g/mol. The van der Waals surface area contributed by atoms with E-state index in [0.29, 0.717) is 5.92 Å². The van der Waals surface area contributed by atoms with Gasteiger partial charge in [0.05, 0.1) is 20.3 Å². The van der Waals surface area contributed by atoms with Crippen LogP contribution < -0.4 is 9.47 Å². The Bertz CT molecular complexity index is 386. The van der Waals surface area contributed by atoms with Crippen LogP contribution in [0.15, 0.2) is 18.2 Å². The van der Waals surface area contributed by atoms with Crippen LogP contribution in [0.1, 0.15) is 56.6 Å². The number of methoxy groups -OCH3 is 2. The highest BCUT2D eigenvalue weighted by molar-refractivity contribution is 5.39. The average Bonchev–Trinajstić information content (AvgIpc) is 2.75. The second-order valence-corrected chi connectivity index (χ2v) is 5.76. The summed E-state index contributed by atoms with van der Waals surface area (Å²) >= 11 is 0. The van der Waals surface area contributed by atoms with Crippen molar-refractivity contribution in [3.63, 3.8) is 0 Å². The van der Waals surface area contributed by atoms with Crippen molar-refractivity contribution < 1.29 is 14.6 Å². The summed E-state index contributed by atoms with van der Waals surface area (Å²) in [5, 5.41) is 10.5. The van der Waals surface area contributed by atoms with Gasteiger partial charge < -0.3 is 14.6 Å². The van der Waals surface area contributed by atoms with E-state index in [1.807, 2.05) is 18.2 Å². The lowest BCUT2D eigenvalue weighted by molar-refractivity contribution is 0.138. The molecule has 3 nitrogen and oxygen atoms in total. The number of benzene rings is 1. The maximum absolute atomic E-state index is 10.5. The van der Waals surface area contributed by atoms with Crippen LogP contribution in [0.2, 0.25) is 0 Å². The predicted octanol–water partition coefficient (Wildman–Crippen LogP) is 4.10. The van der Waals surface area contributed by atoms with Gasteiger partial charge in [-0.1, -0.05) is 38.5 Å². The first-order valence-corrected chi connectivity index (χ1v) is 7.64. The second kappa shape index (κ2) is 7.53. The van der Waals surface area contributed by atoms with Gasteiger partial charge in [-0.25, -0.2) is 0 Å². The van der Waals surface area contributed by atoms with Gasteiger partial charge in [0.1, 0.15) is 11.5 Å². The van der Waals surface area contributed by atoms with Gasteiger partial charge in [0.15, 0.2) is 0 Å². The largest absolute Gasteiger partial charge is 0.497 e. The summed E-state index contributed by atoms with van der Waals surface area (Å²) in [7, 11) is 3.27. The molecular formula is C17H26O3. The van der Waals surface area contributed by atoms with Gasteiger partial charge in [-0.15, -0.1) is 0 Å². The summed E-state index contributed by atoms with van der Waals surface area (Å²) in [6, 6.07) is 5.65. The minimum atomic E-state index is -0.429. The zero-order valence-electron chi connectivity index (χ0n) is 12.6. The lowest BCUT2D eigenvalue weighted by atomic mass is 9.91. The summed E-state index contributed by atoms with van der Waals surface area (Å²) in [5.74, 6) is 2.11. The molecule has 1 N–H and O–H groups in total. The molecule has 0 radical (unpaired) electrons. The fraction of sp³-hybridized carbons (Fsp3) is 0.647. The van der Waals surface area contributed by atoms with Crippen molar-refractivity contribution >= 4 is 0 Å². The molecule has 0 aliphatic heterocycles. The Hall–Kier alpha value is -1.22. The zero-order valence-corrected chi connectivity index (χ0v) is 12.6. The first kappa shape index (κ1) is 15.2. The van der Waals surface area contributed by atoms with Crippen LogP contribution in [-0.4, -0.2) is 19.3 Å². The van der Waals surface area contributed by atoms with E-state index in [-0.39, 0.29) is 0 Å². The average molecular weight is 278 g/mol. The molecule has 20 heavy (non-hydrogen) atoms. The fourth-order valence-corrected chi connectivity index (χ4v) is 3.07. The van der Waals surface area contributed by atoms with E-state index in [1.54, 1.807) is 14.2 Å². The smallest absolute Gasteiger partial charge is 0.122 e. The second-order valence-electron chi connectivity index (χ2n) is 5.76. The SMILES string of the molecule is COc1cc(OC)cc(C(O)CC2CCCCCC2)c1. The van der Waals surface area contributed by atoms with E-state index in [9.17, 15) is 5.11 Å². The number of aliphatic hydroxyl groups excluding tert-OH is 1. The Morgan fingerprint density at radius 1 is 1.00 bits per heavy atom. The predicted molar refractivity (Wildman–Crippen MR) is 80.3 cm³/mol. The maximum atomic E-state index is 10.5. The molecule has 0 bridgehead atoms. The van der Waals surface area contributed by atoms with Crippen molar-refractivity contribution in [2.45, 2.75) is 51.0 Å². The fourth-order valence-electron chi connectivity index (χ4n) is 3.07. The first-order chi connectivity index (χ1) is 9.72. The van der Waals surface area contributed by atoms with Crippen LogP contribution in [0.3, 0.4) is 0 Å². The molecule has 0 amide bonds. The third kappa shape index (κ3) is 4.14. The minimum Gasteiger partial charge on any atom is -0.497 e. The van der Waals surface area contributed by atoms with Gasteiger partial charge in [0, 0.05) is 6.07 Å². The van der Waals surface area contributed by atoms with Crippen molar-refractivity contribution in [1.29, 1.82) is 0 Å². The van der Waals surface area contributed by atoms with Gasteiger partial charge in [-0.2, -0.15) is 0 Å². The molecule has 1 unspecified atom stereocenters. The summed E-state index contributed by atoms with van der Waals surface area (Å²) < 4.78 is 10.5. The molecule has 3 heteroatoms. The molecule has 1 aromatic carbocycles. The van der Waals surface area contributed by atoms with Crippen molar-refractivity contribution in [2.75, 3.05) is 14.2 Å². The van der Waals surface area contributed by atoms with Gasteiger partial charge in [0.25, 0.3) is 0 Å². The zero-order chi connectivity index (χ0) is 14.4. The third-order valence-electron chi connectivity index (χ3n) is 4.29. The van der Waals surface area contributed by atoms with E-state index in [1.165, 1.54) is 38.5 Å². The summed E-state index contributed by atoms with van der Waals surface area (Å²) in [5.41, 5.74) is 0.894. The van der Waals surface area contributed by atoms with Crippen LogP contribution in [0.4, 0.5) is 0 Å². The van der Waals surface area contributed by atoms with Gasteiger partial charge in [0.2, 0.25) is 0 Å². The Labute approximate surface area is 121 Å². The Kier molecular flexibility index (Phi) is 5.72. The van der Waals surface area contributed by atoms with E-state index < -0.39 is 6.10 Å². The van der Waals surface area contributed by atoms with Gasteiger partial charge >= 0.3 is 0 Å². The molecule has 1 fully saturated rings. The molecule has 112 valence electrons. The maximum Gasteiger partial charge on any atom is 0.122 e. The van der Waals surface area contributed by atoms with Crippen molar-refractivity contribution in [1.82, 2.24) is 0 Å². The van der Waals surface area contributed by atoms with Gasteiger partial charge in [-0.3, -0.25) is 0 Å². The van der Waals surface area contributed by atoms with Crippen LogP contribution >= 0.6 is 0 Å². The molecule has 1 aliphatic carbocycles. The minimum absolute atomic E-state index is 0.429. The van der Waals surface area contributed by atoms with Crippen LogP contribution in [-0.2, 0) is 0 Å². The van der Waals surface area contributed by atoms with E-state index in [0.717, 1.165) is 23.5 Å². The number of ether oxygens (including phenoxy) is 2. The van der Waals surface area contributed by atoms with E-state index in [2.05, 4.69) is 0 Å². The lowest BCUT2D eigenvalue weighted by Gasteiger charge is -2.19. The first-order valence-electron chi connectivity index (χ1n) is 7.64. The van der Waals surface area contributed by atoms with Crippen molar-refractivity contribution in [3.8, 4) is 11.5 Å². The molecule has 2 rings (SSSR count). The number of hydrogen-bond acceptors (Lipinski definition) is 3. The Morgan fingerprint density at radius 3 is 2.05 bits per heavy atom. The third-order valence-corrected chi connectivity index (χ3v) is 4.29. The van der Waals surface area contributed by atoms with Crippen LogP contribution in [0, 0.1) is 5.92 Å². The summed E-state index contributed by atoms with van der Waals surface area (Å²) in [6.45, 7) is 0. The normalized spacial score (nSPS) is 18.4. The standard InChI is InChI=1S/C17H26O3/c1-19-15-10-14(11-16(12-15)20-2)17(18)9-13-7-5-3-4-6-8-13/h10-13,17-18H,3-9H2,1-2H3. The Morgan fingerprint density at radius 2 is 1.55 bits per heavy atom. The van der Waals surface area contributed by atoms with Crippen molar-refractivity contribution in [2.24, 2.45) is 5.92 Å². The van der Waals surface area contributed by atoms with Crippen LogP contribution in [0.25, 0.3) is 0 Å². The molecule has 1 aliphatic rings. The molecule has 1 atom stereocenters. The number of hydrogen-bond donors (Lipinski definition) is 1. The summed E-state index contributed by atoms with van der Waals surface area (Å²) in [6.07, 6.45) is 8.21. The molecular weight excluding hydrogens is 252 g/mol. The molecule has 0 heterocycles. The number of rotatable bonds is 5. The highest BCUT2D eigenvalue weighted by Gasteiger charge is 2.18. The van der Waals surface area contributed by atoms with Crippen LogP contribution in [0.5, 0.6) is 11.5 Å². The molecule has 0 saturated heterocycles. The van der Waals surface area contributed by atoms with Crippen molar-refractivity contribution in [3.05, 3.63) is 23.8 Å². The number of aliphatic hydroxyl groups is 1. The highest BCUT2D eigenvalue weighted by Crippen LogP contribution is 2.33. The topological polar surface area (TPSA) is 38.7 Å². The van der Waals surface area contributed by atoms with Gasteiger partial charge in [-0.05, 0) is 30.0 Å².